The van der Waals surface area contributed by atoms with Gasteiger partial charge in [-0.25, -0.2) is 4.98 Å². The second-order valence-electron chi connectivity index (χ2n) is 7.79. The minimum absolute atomic E-state index is 0.289. The molecule has 0 N–H and O–H groups in total. The lowest BCUT2D eigenvalue weighted by molar-refractivity contribution is -0.0472. The fourth-order valence-corrected chi connectivity index (χ4v) is 4.04. The Labute approximate surface area is 157 Å². The summed E-state index contributed by atoms with van der Waals surface area (Å²) in [4.78, 5) is 12.3. The van der Waals surface area contributed by atoms with Crippen molar-refractivity contribution in [2.24, 2.45) is 0 Å². The van der Waals surface area contributed by atoms with E-state index >= 15 is 0 Å². The van der Waals surface area contributed by atoms with Crippen LogP contribution in [0.1, 0.15) is 37.7 Å². The van der Waals surface area contributed by atoms with Gasteiger partial charge in [0.2, 0.25) is 6.29 Å². The average Bonchev–Trinajstić information content (AvgIpc) is 3.03. The fourth-order valence-electron chi connectivity index (χ4n) is 4.04. The molecule has 3 aliphatic heterocycles. The maximum Gasteiger partial charge on any atom is 0.201 e. The lowest BCUT2D eigenvalue weighted by Gasteiger charge is -2.45. The van der Waals surface area contributed by atoms with Crippen molar-refractivity contribution < 1.29 is 9.47 Å². The molecule has 0 radical (unpaired) electrons. The quantitative estimate of drug-likeness (QED) is 0.774. The van der Waals surface area contributed by atoms with E-state index in [0.29, 0.717) is 19.3 Å². The molecule has 4 rings (SSSR count). The molecule has 3 saturated heterocycles. The number of ether oxygens (including phenoxy) is 2. The Kier molecular flexibility index (Phi) is 6.05. The summed E-state index contributed by atoms with van der Waals surface area (Å²) >= 11 is 0. The van der Waals surface area contributed by atoms with Crippen LogP contribution in [-0.2, 0) is 9.47 Å². The zero-order valence-corrected chi connectivity index (χ0v) is 16.0. The van der Waals surface area contributed by atoms with Crippen LogP contribution in [0, 0.1) is 0 Å². The summed E-state index contributed by atoms with van der Waals surface area (Å²) in [6, 6.07) is 6.76. The Morgan fingerprint density at radius 1 is 1.08 bits per heavy atom. The molecule has 0 spiro atoms. The first-order valence-corrected chi connectivity index (χ1v) is 10.2. The van der Waals surface area contributed by atoms with E-state index in [1.165, 1.54) is 45.3 Å². The van der Waals surface area contributed by atoms with Crippen LogP contribution in [-0.4, -0.2) is 80.4 Å². The van der Waals surface area contributed by atoms with Gasteiger partial charge in [0.1, 0.15) is 5.82 Å². The van der Waals surface area contributed by atoms with E-state index < -0.39 is 0 Å². The molecule has 4 heterocycles. The molecule has 3 aliphatic rings. The number of hydrogen-bond donors (Lipinski definition) is 0. The van der Waals surface area contributed by atoms with Crippen LogP contribution in [0.4, 0.5) is 5.82 Å². The third kappa shape index (κ3) is 4.36. The molecule has 0 atom stereocenters. The molecule has 144 valence electrons. The highest BCUT2D eigenvalue weighted by molar-refractivity contribution is 5.43. The predicted molar refractivity (Wildman–Crippen MR) is 102 cm³/mol. The van der Waals surface area contributed by atoms with Crippen molar-refractivity contribution in [3.05, 3.63) is 23.9 Å². The van der Waals surface area contributed by atoms with Crippen LogP contribution in [0.5, 0.6) is 0 Å². The van der Waals surface area contributed by atoms with Crippen molar-refractivity contribution in [3.63, 3.8) is 0 Å². The van der Waals surface area contributed by atoms with Gasteiger partial charge in [-0.2, -0.15) is 0 Å². The summed E-state index contributed by atoms with van der Waals surface area (Å²) in [5.41, 5.74) is 0.887. The molecule has 1 aromatic rings. The minimum atomic E-state index is -0.289. The monoisotopic (exact) mass is 360 g/mol. The van der Waals surface area contributed by atoms with Gasteiger partial charge in [0.15, 0.2) is 0 Å². The maximum atomic E-state index is 5.57. The Bertz CT molecular complexity index is 565. The number of nitrogens with zero attached hydrogens (tertiary/aromatic N) is 4. The van der Waals surface area contributed by atoms with E-state index in [2.05, 4.69) is 33.9 Å². The van der Waals surface area contributed by atoms with Gasteiger partial charge in [0, 0.05) is 32.2 Å². The van der Waals surface area contributed by atoms with Crippen molar-refractivity contribution in [1.29, 1.82) is 0 Å². The van der Waals surface area contributed by atoms with Crippen LogP contribution < -0.4 is 4.90 Å². The second kappa shape index (κ2) is 8.65. The summed E-state index contributed by atoms with van der Waals surface area (Å²) < 4.78 is 11.1. The molecule has 1 aromatic heterocycles. The molecule has 0 aromatic carbocycles. The van der Waals surface area contributed by atoms with E-state index in [1.54, 1.807) is 0 Å². The second-order valence-corrected chi connectivity index (χ2v) is 7.79. The Morgan fingerprint density at radius 2 is 1.81 bits per heavy atom. The number of hydrogen-bond acceptors (Lipinski definition) is 6. The van der Waals surface area contributed by atoms with Crippen LogP contribution in [0.2, 0.25) is 0 Å². The largest absolute Gasteiger partial charge is 0.353 e. The van der Waals surface area contributed by atoms with Crippen molar-refractivity contribution in [1.82, 2.24) is 14.8 Å². The number of likely N-dealkylation sites (N-methyl/N-ethyl adjacent to an activating group) is 1. The number of pyridine rings is 1. The summed E-state index contributed by atoms with van der Waals surface area (Å²) in [5.74, 6) is 1.04. The van der Waals surface area contributed by atoms with Crippen LogP contribution in [0.3, 0.4) is 0 Å². The van der Waals surface area contributed by atoms with Gasteiger partial charge in [0.05, 0.1) is 18.9 Å². The van der Waals surface area contributed by atoms with Gasteiger partial charge in [-0.3, -0.25) is 4.90 Å². The first-order valence-electron chi connectivity index (χ1n) is 10.2. The lowest BCUT2D eigenvalue weighted by atomic mass is 10.1. The minimum Gasteiger partial charge on any atom is -0.353 e. The molecule has 0 unspecified atom stereocenters. The molecular weight excluding hydrogens is 328 g/mol. The van der Waals surface area contributed by atoms with Crippen molar-refractivity contribution in [2.75, 3.05) is 64.4 Å². The molecule has 0 bridgehead atoms. The standard InChI is InChI=1S/C20H32N4O2/c1-22(11-12-23-9-4-2-3-5-10-23)17-15-24(16-17)19-8-6-7-18(21-19)20-25-13-14-26-20/h6-8,17,20H,2-5,9-16H2,1H3. The van der Waals surface area contributed by atoms with E-state index in [0.717, 1.165) is 31.1 Å². The fraction of sp³-hybridized carbons (Fsp3) is 0.750. The smallest absolute Gasteiger partial charge is 0.201 e. The van der Waals surface area contributed by atoms with Gasteiger partial charge in [-0.15, -0.1) is 0 Å². The average molecular weight is 361 g/mol. The summed E-state index contributed by atoms with van der Waals surface area (Å²) in [7, 11) is 2.27. The highest BCUT2D eigenvalue weighted by Gasteiger charge is 2.31. The zero-order valence-electron chi connectivity index (χ0n) is 16.0. The van der Waals surface area contributed by atoms with Gasteiger partial charge in [0.25, 0.3) is 0 Å². The zero-order chi connectivity index (χ0) is 17.8. The highest BCUT2D eigenvalue weighted by Crippen LogP contribution is 2.26. The summed E-state index contributed by atoms with van der Waals surface area (Å²) in [5, 5.41) is 0. The third-order valence-electron chi connectivity index (χ3n) is 5.90. The lowest BCUT2D eigenvalue weighted by Crippen LogP contribution is -2.59. The van der Waals surface area contributed by atoms with E-state index in [1.807, 2.05) is 6.07 Å². The highest BCUT2D eigenvalue weighted by atomic mass is 16.7. The molecule has 26 heavy (non-hydrogen) atoms. The summed E-state index contributed by atoms with van der Waals surface area (Å²) in [6.45, 7) is 8.36. The molecule has 6 nitrogen and oxygen atoms in total. The van der Waals surface area contributed by atoms with Gasteiger partial charge in [-0.05, 0) is 45.1 Å². The number of anilines is 1. The molecule has 6 heteroatoms. The Balaban J connectivity index is 1.23. The molecule has 3 fully saturated rings. The number of likely N-dealkylation sites (tertiary alicyclic amines) is 1. The Hall–Kier alpha value is -1.21. The van der Waals surface area contributed by atoms with Gasteiger partial charge >= 0.3 is 0 Å². The molecule has 0 aliphatic carbocycles. The van der Waals surface area contributed by atoms with Crippen molar-refractivity contribution >= 4 is 5.82 Å². The number of rotatable bonds is 6. The van der Waals surface area contributed by atoms with Crippen molar-refractivity contribution in [3.8, 4) is 0 Å². The van der Waals surface area contributed by atoms with E-state index in [-0.39, 0.29) is 6.29 Å². The van der Waals surface area contributed by atoms with Crippen molar-refractivity contribution in [2.45, 2.75) is 38.0 Å². The molecular formula is C20H32N4O2. The topological polar surface area (TPSA) is 41.1 Å². The van der Waals surface area contributed by atoms with Gasteiger partial charge < -0.3 is 19.3 Å². The Morgan fingerprint density at radius 3 is 2.54 bits per heavy atom. The predicted octanol–water partition coefficient (Wildman–Crippen LogP) is 2.12. The maximum absolute atomic E-state index is 5.57. The van der Waals surface area contributed by atoms with E-state index in [4.69, 9.17) is 14.5 Å². The normalized spacial score (nSPS) is 23.4. The van der Waals surface area contributed by atoms with Gasteiger partial charge in [-0.1, -0.05) is 18.9 Å². The molecule has 0 amide bonds. The first-order chi connectivity index (χ1) is 12.8. The number of aromatic nitrogens is 1. The summed E-state index contributed by atoms with van der Waals surface area (Å²) in [6.07, 6.45) is 5.28. The third-order valence-corrected chi connectivity index (χ3v) is 5.90. The SMILES string of the molecule is CN(CCN1CCCCCC1)C1CN(c2cccc(C3OCCO3)n2)C1. The van der Waals surface area contributed by atoms with Crippen LogP contribution in [0.25, 0.3) is 0 Å². The van der Waals surface area contributed by atoms with Crippen LogP contribution >= 0.6 is 0 Å². The first kappa shape index (κ1) is 18.2. The molecule has 0 saturated carbocycles. The van der Waals surface area contributed by atoms with Crippen LogP contribution in [0.15, 0.2) is 18.2 Å². The van der Waals surface area contributed by atoms with E-state index in [9.17, 15) is 0 Å².